The molecule has 0 bridgehead atoms. The zero-order valence-corrected chi connectivity index (χ0v) is 17.0. The number of rotatable bonds is 7. The van der Waals surface area contributed by atoms with Crippen LogP contribution in [0, 0.1) is 5.41 Å². The second kappa shape index (κ2) is 11.2. The Morgan fingerprint density at radius 2 is 1.89 bits per heavy atom. The van der Waals surface area contributed by atoms with Crippen molar-refractivity contribution >= 4 is 30.7 Å². The van der Waals surface area contributed by atoms with Crippen LogP contribution < -0.4 is 10.6 Å². The van der Waals surface area contributed by atoms with Crippen LogP contribution in [-0.2, 0) is 22.6 Å². The minimum Gasteiger partial charge on any atom is -0.384 e. The Hall–Kier alpha value is -1.67. The summed E-state index contributed by atoms with van der Waals surface area (Å²) < 4.78 is 7.10. The third-order valence-electron chi connectivity index (χ3n) is 4.75. The summed E-state index contributed by atoms with van der Waals surface area (Å²) in [4.78, 5) is 16.7. The fraction of sp³-hybridized carbons (Fsp3) is 0.500. The van der Waals surface area contributed by atoms with Crippen LogP contribution in [0.2, 0.25) is 0 Å². The van der Waals surface area contributed by atoms with Gasteiger partial charge in [0.1, 0.15) is 12.7 Å². The topological polar surface area (TPSA) is 81.1 Å². The maximum absolute atomic E-state index is 12.7. The first-order valence-electron chi connectivity index (χ1n) is 8.60. The molecule has 1 amide bonds. The van der Waals surface area contributed by atoms with Gasteiger partial charge in [-0.15, -0.1) is 24.8 Å². The van der Waals surface area contributed by atoms with Gasteiger partial charge in [0.05, 0.1) is 18.6 Å². The van der Waals surface area contributed by atoms with Crippen LogP contribution in [0.3, 0.4) is 0 Å². The number of hydrogen-bond donors (Lipinski definition) is 2. The molecule has 0 saturated carbocycles. The summed E-state index contributed by atoms with van der Waals surface area (Å²) in [7, 11) is 1.66. The molecule has 0 spiro atoms. The molecule has 0 atom stereocenters. The average molecular weight is 416 g/mol. The monoisotopic (exact) mass is 415 g/mol. The number of benzene rings is 1. The van der Waals surface area contributed by atoms with Crippen molar-refractivity contribution in [3.05, 3.63) is 48.0 Å². The highest BCUT2D eigenvalue weighted by molar-refractivity contribution is 5.85. The third-order valence-corrected chi connectivity index (χ3v) is 4.75. The molecule has 0 radical (unpaired) electrons. The third kappa shape index (κ3) is 6.17. The first kappa shape index (κ1) is 23.4. The van der Waals surface area contributed by atoms with E-state index < -0.39 is 5.41 Å². The molecule has 0 unspecified atom stereocenters. The largest absolute Gasteiger partial charge is 0.384 e. The molecule has 1 saturated heterocycles. The first-order chi connectivity index (χ1) is 12.2. The van der Waals surface area contributed by atoms with Gasteiger partial charge in [-0.05, 0) is 37.1 Å². The number of piperidine rings is 1. The van der Waals surface area contributed by atoms with E-state index in [0.29, 0.717) is 19.7 Å². The zero-order chi connectivity index (χ0) is 17.5. The molecule has 2 aromatic rings. The Labute approximate surface area is 172 Å². The number of aromatic nitrogens is 3. The van der Waals surface area contributed by atoms with Gasteiger partial charge in [-0.3, -0.25) is 4.79 Å². The van der Waals surface area contributed by atoms with Crippen LogP contribution in [0.25, 0.3) is 0 Å². The van der Waals surface area contributed by atoms with Crippen molar-refractivity contribution < 1.29 is 9.53 Å². The van der Waals surface area contributed by atoms with Crippen LogP contribution in [0.1, 0.15) is 24.0 Å². The molecule has 150 valence electrons. The number of nitrogens with zero attached hydrogens (tertiary/aromatic N) is 3. The SMILES string of the molecule is COCC1(C(=O)NCc2ccc(Cn3cncn3)cc2)CCNCC1.Cl.Cl. The molecule has 2 N–H and O–H groups in total. The van der Waals surface area contributed by atoms with E-state index in [0.717, 1.165) is 37.1 Å². The van der Waals surface area contributed by atoms with Crippen molar-refractivity contribution in [3.63, 3.8) is 0 Å². The summed E-state index contributed by atoms with van der Waals surface area (Å²) in [6, 6.07) is 8.19. The van der Waals surface area contributed by atoms with Crippen molar-refractivity contribution in [2.75, 3.05) is 26.8 Å². The average Bonchev–Trinajstić information content (AvgIpc) is 3.15. The van der Waals surface area contributed by atoms with Crippen molar-refractivity contribution in [1.29, 1.82) is 0 Å². The molecular formula is C18H27Cl2N5O2. The molecule has 7 nitrogen and oxygen atoms in total. The molecule has 1 aromatic carbocycles. The zero-order valence-electron chi connectivity index (χ0n) is 15.4. The van der Waals surface area contributed by atoms with Crippen molar-refractivity contribution in [3.8, 4) is 0 Å². The van der Waals surface area contributed by atoms with Crippen LogP contribution in [0.15, 0.2) is 36.9 Å². The predicted octanol–water partition coefficient (Wildman–Crippen LogP) is 1.80. The van der Waals surface area contributed by atoms with Gasteiger partial charge < -0.3 is 15.4 Å². The number of methoxy groups -OCH3 is 1. The quantitative estimate of drug-likeness (QED) is 0.720. The number of hydrogen-bond acceptors (Lipinski definition) is 5. The van der Waals surface area contributed by atoms with E-state index in [1.807, 2.05) is 12.1 Å². The molecule has 27 heavy (non-hydrogen) atoms. The molecule has 2 heterocycles. The van der Waals surface area contributed by atoms with Gasteiger partial charge in [-0.1, -0.05) is 24.3 Å². The van der Waals surface area contributed by atoms with Gasteiger partial charge >= 0.3 is 0 Å². The normalized spacial score (nSPS) is 15.3. The lowest BCUT2D eigenvalue weighted by Gasteiger charge is -2.35. The molecule has 1 aromatic heterocycles. The number of carbonyl (C=O) groups excluding carboxylic acids is 1. The second-order valence-electron chi connectivity index (χ2n) is 6.56. The Morgan fingerprint density at radius 3 is 2.48 bits per heavy atom. The lowest BCUT2D eigenvalue weighted by molar-refractivity contribution is -0.136. The highest BCUT2D eigenvalue weighted by Crippen LogP contribution is 2.29. The predicted molar refractivity (Wildman–Crippen MR) is 108 cm³/mol. The van der Waals surface area contributed by atoms with Crippen molar-refractivity contribution in [2.45, 2.75) is 25.9 Å². The van der Waals surface area contributed by atoms with Gasteiger partial charge in [0.2, 0.25) is 5.91 Å². The van der Waals surface area contributed by atoms with E-state index in [2.05, 4.69) is 32.8 Å². The fourth-order valence-electron chi connectivity index (χ4n) is 3.25. The van der Waals surface area contributed by atoms with Gasteiger partial charge in [0.15, 0.2) is 0 Å². The van der Waals surface area contributed by atoms with Crippen molar-refractivity contribution in [1.82, 2.24) is 25.4 Å². The summed E-state index contributed by atoms with van der Waals surface area (Å²) in [5.41, 5.74) is 1.82. The molecule has 0 aliphatic carbocycles. The number of amides is 1. The summed E-state index contributed by atoms with van der Waals surface area (Å²) >= 11 is 0. The minimum atomic E-state index is -0.410. The summed E-state index contributed by atoms with van der Waals surface area (Å²) in [6.07, 6.45) is 4.84. The number of carbonyl (C=O) groups is 1. The highest BCUT2D eigenvalue weighted by atomic mass is 35.5. The van der Waals surface area contributed by atoms with E-state index >= 15 is 0 Å². The van der Waals surface area contributed by atoms with Crippen LogP contribution in [-0.4, -0.2) is 47.5 Å². The maximum Gasteiger partial charge on any atom is 0.228 e. The van der Waals surface area contributed by atoms with E-state index in [9.17, 15) is 4.79 Å². The smallest absolute Gasteiger partial charge is 0.228 e. The van der Waals surface area contributed by atoms with Crippen LogP contribution in [0.4, 0.5) is 0 Å². The Morgan fingerprint density at radius 1 is 1.22 bits per heavy atom. The summed E-state index contributed by atoms with van der Waals surface area (Å²) in [6.45, 7) is 3.40. The lowest BCUT2D eigenvalue weighted by atomic mass is 9.78. The Kier molecular flexibility index (Phi) is 9.73. The first-order valence-corrected chi connectivity index (χ1v) is 8.60. The molecular weight excluding hydrogens is 389 g/mol. The number of ether oxygens (including phenoxy) is 1. The number of nitrogens with one attached hydrogen (secondary N) is 2. The molecule has 1 fully saturated rings. The van der Waals surface area contributed by atoms with E-state index in [-0.39, 0.29) is 30.7 Å². The molecule has 1 aliphatic rings. The van der Waals surface area contributed by atoms with E-state index in [4.69, 9.17) is 4.74 Å². The van der Waals surface area contributed by atoms with Crippen molar-refractivity contribution in [2.24, 2.45) is 5.41 Å². The van der Waals surface area contributed by atoms with E-state index in [1.54, 1.807) is 18.1 Å². The summed E-state index contributed by atoms with van der Waals surface area (Å²) in [5.74, 6) is 0.0857. The Balaban J connectivity index is 0.00000182. The summed E-state index contributed by atoms with van der Waals surface area (Å²) in [5, 5.41) is 10.5. The van der Waals surface area contributed by atoms with Gasteiger partial charge in [0.25, 0.3) is 0 Å². The van der Waals surface area contributed by atoms with Crippen LogP contribution in [0.5, 0.6) is 0 Å². The maximum atomic E-state index is 12.7. The number of halogens is 2. The van der Waals surface area contributed by atoms with E-state index in [1.165, 1.54) is 6.33 Å². The molecule has 9 heteroatoms. The molecule has 1 aliphatic heterocycles. The minimum absolute atomic E-state index is 0. The Bertz CT molecular complexity index is 668. The van der Waals surface area contributed by atoms with Gasteiger partial charge in [0, 0.05) is 13.7 Å². The standard InChI is InChI=1S/C18H25N5O2.2ClH/c1-25-12-18(6-8-19-9-7-18)17(24)21-10-15-2-4-16(5-3-15)11-23-14-20-13-22-23;;/h2-5,13-14,19H,6-12H2,1H3,(H,21,24);2*1H. The molecule has 3 rings (SSSR count). The van der Waals surface area contributed by atoms with Gasteiger partial charge in [-0.2, -0.15) is 5.10 Å². The second-order valence-corrected chi connectivity index (χ2v) is 6.56. The lowest BCUT2D eigenvalue weighted by Crippen LogP contribution is -2.49. The van der Waals surface area contributed by atoms with Crippen LogP contribution >= 0.6 is 24.8 Å². The van der Waals surface area contributed by atoms with Gasteiger partial charge in [-0.25, -0.2) is 9.67 Å². The highest BCUT2D eigenvalue weighted by Gasteiger charge is 2.39. The fourth-order valence-corrected chi connectivity index (χ4v) is 3.25.